The number of aryl methyl sites for hydroxylation is 1. The van der Waals surface area contributed by atoms with E-state index in [1.54, 1.807) is 6.07 Å². The minimum atomic E-state index is -1.44. The number of carbonyl (C=O) groups excluding carboxylic acids is 5. The van der Waals surface area contributed by atoms with Crippen LogP contribution in [0.2, 0.25) is 0 Å². The maximum absolute atomic E-state index is 14.3. The molecule has 0 spiro atoms. The van der Waals surface area contributed by atoms with Crippen molar-refractivity contribution in [3.8, 4) is 33.8 Å². The molecule has 4 rings (SSSR count). The maximum atomic E-state index is 14.3. The summed E-state index contributed by atoms with van der Waals surface area (Å²) in [6.45, 7) is 5.42. The van der Waals surface area contributed by atoms with Gasteiger partial charge in [0.25, 0.3) is 0 Å². The summed E-state index contributed by atoms with van der Waals surface area (Å²) in [6.07, 6.45) is 4.60. The lowest BCUT2D eigenvalue weighted by Crippen LogP contribution is -2.53. The molecule has 0 fully saturated rings. The number of rotatable bonds is 24. The Morgan fingerprint density at radius 3 is 1.92 bits per heavy atom. The zero-order chi connectivity index (χ0) is 46.9. The number of amides is 5. The van der Waals surface area contributed by atoms with Crippen molar-refractivity contribution in [2.75, 3.05) is 20.1 Å². The molecule has 0 heterocycles. The molecule has 342 valence electrons. The van der Waals surface area contributed by atoms with E-state index in [4.69, 9.17) is 11.5 Å². The summed E-state index contributed by atoms with van der Waals surface area (Å²) in [7, 11) is 1.36. The molecule has 4 aromatic rings. The van der Waals surface area contributed by atoms with Gasteiger partial charge in [0.05, 0.1) is 12.3 Å². The highest BCUT2D eigenvalue weighted by atomic mass is 16.4. The zero-order valence-corrected chi connectivity index (χ0v) is 37.1. The molecular weight excluding hydrogens is 817 g/mol. The van der Waals surface area contributed by atoms with Crippen molar-refractivity contribution in [3.63, 3.8) is 0 Å². The molecule has 4 aromatic carbocycles. The first-order valence-corrected chi connectivity index (χ1v) is 21.7. The number of carboxylic acids is 1. The number of nitrogens with two attached hydrogens (primary N) is 2. The normalized spacial score (nSPS) is 12.9. The molecule has 0 saturated heterocycles. The fourth-order valence-corrected chi connectivity index (χ4v) is 7.23. The van der Waals surface area contributed by atoms with Crippen LogP contribution in [0, 0.1) is 5.92 Å². The number of phenolic OH excluding ortho intramolecular Hbond substituents is 2. The van der Waals surface area contributed by atoms with Crippen LogP contribution in [0.4, 0.5) is 0 Å². The number of hydrogen-bond acceptors (Lipinski definition) is 9. The Morgan fingerprint density at radius 1 is 0.734 bits per heavy atom. The standard InChI is InChI=1S/C49H62N6O9/c1-5-6-9-32-11-16-35(17-12-32)36-18-13-33(14-19-36)28-44(59)52-25-23-43(58)54-40(10-7-8-24-50)48(62)55(4)45(47(61)53-31(3)46(51)60)37-20-22-42(57)39(29-37)38-27-34(15-21-41(38)56)26-30(2)49(63)64/h11-22,27,29-31,40,45,56-57H,5-10,23-26,28,50H2,1-4H3,(H2,51,60)(H,52,59)(H,53,61)(H,54,58)(H,63,64). The molecule has 0 saturated carbocycles. The molecule has 0 aliphatic heterocycles. The van der Waals surface area contributed by atoms with Crippen LogP contribution in [0.25, 0.3) is 22.3 Å². The van der Waals surface area contributed by atoms with Crippen LogP contribution >= 0.6 is 0 Å². The lowest BCUT2D eigenvalue weighted by atomic mass is 9.93. The number of carbonyl (C=O) groups is 6. The Balaban J connectivity index is 1.49. The van der Waals surface area contributed by atoms with Crippen molar-refractivity contribution >= 4 is 35.5 Å². The van der Waals surface area contributed by atoms with Gasteiger partial charge >= 0.3 is 5.97 Å². The molecule has 0 bridgehead atoms. The highest BCUT2D eigenvalue weighted by Crippen LogP contribution is 2.39. The molecule has 0 aliphatic rings. The zero-order valence-electron chi connectivity index (χ0n) is 37.1. The first-order valence-electron chi connectivity index (χ1n) is 21.7. The van der Waals surface area contributed by atoms with Gasteiger partial charge in [-0.25, -0.2) is 0 Å². The van der Waals surface area contributed by atoms with Crippen LogP contribution in [0.1, 0.15) is 87.6 Å². The van der Waals surface area contributed by atoms with Gasteiger partial charge < -0.3 is 47.6 Å². The van der Waals surface area contributed by atoms with Crippen LogP contribution in [0.5, 0.6) is 11.5 Å². The number of carboxylic acid groups (broad SMARTS) is 1. The number of nitrogens with one attached hydrogen (secondary N) is 3. The smallest absolute Gasteiger partial charge is 0.306 e. The van der Waals surface area contributed by atoms with Crippen LogP contribution in [-0.2, 0) is 48.0 Å². The van der Waals surface area contributed by atoms with E-state index in [1.807, 2.05) is 24.3 Å². The first kappa shape index (κ1) is 49.9. The van der Waals surface area contributed by atoms with E-state index in [9.17, 15) is 44.1 Å². The molecule has 4 atom stereocenters. The van der Waals surface area contributed by atoms with E-state index in [-0.39, 0.29) is 66.3 Å². The quantitative estimate of drug-likeness (QED) is 0.0443. The summed E-state index contributed by atoms with van der Waals surface area (Å²) in [5.41, 5.74) is 16.4. The fourth-order valence-electron chi connectivity index (χ4n) is 7.23. The minimum absolute atomic E-state index is 0.00225. The van der Waals surface area contributed by atoms with E-state index in [1.165, 1.54) is 56.8 Å². The second kappa shape index (κ2) is 24.2. The summed E-state index contributed by atoms with van der Waals surface area (Å²) in [5.74, 6) is -5.36. The van der Waals surface area contributed by atoms with Gasteiger partial charge in [0.15, 0.2) is 0 Å². The Kier molecular flexibility index (Phi) is 18.9. The average molecular weight is 879 g/mol. The third-order valence-corrected chi connectivity index (χ3v) is 11.1. The van der Waals surface area contributed by atoms with Gasteiger partial charge in [0, 0.05) is 31.1 Å². The number of phenols is 2. The van der Waals surface area contributed by atoms with Crippen molar-refractivity contribution in [1.82, 2.24) is 20.9 Å². The van der Waals surface area contributed by atoms with E-state index in [0.29, 0.717) is 24.9 Å². The molecule has 0 aliphatic carbocycles. The lowest BCUT2D eigenvalue weighted by Gasteiger charge is -2.32. The number of primary amides is 1. The summed E-state index contributed by atoms with van der Waals surface area (Å²) in [4.78, 5) is 79.2. The van der Waals surface area contributed by atoms with E-state index >= 15 is 0 Å². The Hall–Kier alpha value is -6.74. The SMILES string of the molecule is CCCCc1ccc(-c2ccc(CC(=O)NCCC(=O)NC(CCCCN)C(=O)N(C)C(C(=O)NC(C)C(N)=O)c3ccc(O)c(-c4cc(CC(C)C(=O)O)ccc4O)c3)cc2)cc1. The summed E-state index contributed by atoms with van der Waals surface area (Å²) >= 11 is 0. The molecule has 10 N–H and O–H groups in total. The Bertz CT molecular complexity index is 2250. The molecule has 5 amide bonds. The number of likely N-dealkylation sites (N-methyl/N-ethyl adjacent to an activating group) is 1. The van der Waals surface area contributed by atoms with Crippen molar-refractivity contribution in [1.29, 1.82) is 0 Å². The summed E-state index contributed by atoms with van der Waals surface area (Å²) in [5, 5.41) is 39.4. The first-order chi connectivity index (χ1) is 30.5. The van der Waals surface area contributed by atoms with Gasteiger partial charge in [-0.15, -0.1) is 0 Å². The van der Waals surface area contributed by atoms with Crippen LogP contribution in [0.3, 0.4) is 0 Å². The molecule has 64 heavy (non-hydrogen) atoms. The highest BCUT2D eigenvalue weighted by Gasteiger charge is 2.35. The van der Waals surface area contributed by atoms with Gasteiger partial charge in [-0.05, 0) is 110 Å². The second-order valence-corrected chi connectivity index (χ2v) is 16.2. The Labute approximate surface area is 374 Å². The van der Waals surface area contributed by atoms with Gasteiger partial charge in [0.2, 0.25) is 29.5 Å². The highest BCUT2D eigenvalue weighted by molar-refractivity contribution is 5.95. The van der Waals surface area contributed by atoms with Gasteiger partial charge in [-0.1, -0.05) is 80.9 Å². The van der Waals surface area contributed by atoms with Crippen molar-refractivity contribution in [3.05, 3.63) is 107 Å². The Morgan fingerprint density at radius 2 is 1.33 bits per heavy atom. The molecule has 15 nitrogen and oxygen atoms in total. The fraction of sp³-hybridized carbons (Fsp3) is 0.388. The molecular formula is C49H62N6O9. The summed E-state index contributed by atoms with van der Waals surface area (Å²) < 4.78 is 0. The van der Waals surface area contributed by atoms with Gasteiger partial charge in [-0.3, -0.25) is 28.8 Å². The predicted octanol–water partition coefficient (Wildman–Crippen LogP) is 4.89. The second-order valence-electron chi connectivity index (χ2n) is 16.2. The number of aromatic hydroxyl groups is 2. The molecule has 0 aromatic heterocycles. The predicted molar refractivity (Wildman–Crippen MR) is 245 cm³/mol. The molecule has 0 radical (unpaired) electrons. The van der Waals surface area contributed by atoms with Gasteiger partial charge in [0.1, 0.15) is 29.6 Å². The number of unbranched alkanes of at least 4 members (excludes halogenated alkanes) is 2. The average Bonchev–Trinajstić information content (AvgIpc) is 3.26. The number of aliphatic carboxylic acids is 1. The largest absolute Gasteiger partial charge is 0.507 e. The monoisotopic (exact) mass is 878 g/mol. The molecule has 15 heteroatoms. The maximum Gasteiger partial charge on any atom is 0.306 e. The topological polar surface area (TPSA) is 254 Å². The van der Waals surface area contributed by atoms with Crippen LogP contribution in [0.15, 0.2) is 84.9 Å². The van der Waals surface area contributed by atoms with Crippen LogP contribution < -0.4 is 27.4 Å². The van der Waals surface area contributed by atoms with E-state index < -0.39 is 53.6 Å². The summed E-state index contributed by atoms with van der Waals surface area (Å²) in [6, 6.07) is 21.1. The van der Waals surface area contributed by atoms with Crippen molar-refractivity contribution in [2.24, 2.45) is 17.4 Å². The third kappa shape index (κ3) is 14.4. The van der Waals surface area contributed by atoms with Gasteiger partial charge in [-0.2, -0.15) is 0 Å². The molecule has 4 unspecified atom stereocenters. The third-order valence-electron chi connectivity index (χ3n) is 11.1. The van der Waals surface area contributed by atoms with E-state index in [0.717, 1.165) is 40.9 Å². The van der Waals surface area contributed by atoms with Crippen LogP contribution in [-0.4, -0.2) is 87.9 Å². The number of nitrogens with zero attached hydrogens (tertiary/aromatic N) is 1. The van der Waals surface area contributed by atoms with E-state index in [2.05, 4.69) is 47.1 Å². The number of hydrogen-bond donors (Lipinski definition) is 8. The van der Waals surface area contributed by atoms with Crippen molar-refractivity contribution in [2.45, 2.75) is 96.7 Å². The lowest BCUT2D eigenvalue weighted by molar-refractivity contribution is -0.142. The van der Waals surface area contributed by atoms with Crippen molar-refractivity contribution < 1.29 is 44.1 Å². The minimum Gasteiger partial charge on any atom is -0.507 e. The number of benzene rings is 4.